The van der Waals surface area contributed by atoms with E-state index in [-0.39, 0.29) is 35.8 Å². The molecule has 1 aliphatic heterocycles. The number of carbonyl (C=O) groups is 1. The molecular weight excluding hydrogens is 295 g/mol. The molecule has 0 saturated heterocycles. The first kappa shape index (κ1) is 13.8. The summed E-state index contributed by atoms with van der Waals surface area (Å²) in [5.74, 6) is -0.212. The molecule has 0 bridgehead atoms. The number of anilines is 2. The second kappa shape index (κ2) is 4.96. The Hall–Kier alpha value is -2.21. The Bertz CT molecular complexity index is 750. The first-order valence-electron chi connectivity index (χ1n) is 6.33. The third kappa shape index (κ3) is 2.42. The molecule has 7 heteroatoms. The highest BCUT2D eigenvalue weighted by atomic mass is 35.5. The van der Waals surface area contributed by atoms with Crippen LogP contribution in [0.4, 0.5) is 16.2 Å². The van der Waals surface area contributed by atoms with Crippen LogP contribution in [0, 0.1) is 12.7 Å². The lowest BCUT2D eigenvalue weighted by atomic mass is 10.1. The molecule has 2 N–H and O–H groups in total. The van der Waals surface area contributed by atoms with E-state index in [9.17, 15) is 9.18 Å². The van der Waals surface area contributed by atoms with Gasteiger partial charge in [-0.2, -0.15) is 4.98 Å². The maximum Gasteiger partial charge on any atom is 0.233 e. The number of nitrogen functional groups attached to an aromatic ring is 1. The number of halogens is 2. The van der Waals surface area contributed by atoms with Gasteiger partial charge < -0.3 is 5.73 Å². The molecule has 1 amide bonds. The average molecular weight is 307 g/mol. The first-order chi connectivity index (χ1) is 9.95. The van der Waals surface area contributed by atoms with Crippen LogP contribution in [0.5, 0.6) is 0 Å². The second-order valence-electron chi connectivity index (χ2n) is 4.93. The van der Waals surface area contributed by atoms with Crippen molar-refractivity contribution in [2.45, 2.75) is 19.9 Å². The van der Waals surface area contributed by atoms with Crippen molar-refractivity contribution in [3.05, 3.63) is 45.9 Å². The minimum Gasteiger partial charge on any atom is -0.368 e. The lowest BCUT2D eigenvalue weighted by Crippen LogP contribution is -2.27. The molecule has 0 fully saturated rings. The number of hydrogen-bond acceptors (Lipinski definition) is 4. The van der Waals surface area contributed by atoms with Gasteiger partial charge in [0.1, 0.15) is 16.8 Å². The zero-order valence-corrected chi connectivity index (χ0v) is 12.0. The summed E-state index contributed by atoms with van der Waals surface area (Å²) in [6, 6.07) is 4.88. The van der Waals surface area contributed by atoms with Crippen molar-refractivity contribution in [1.29, 1.82) is 0 Å². The molecule has 2 heterocycles. The number of amides is 1. The Labute approximate surface area is 125 Å². The van der Waals surface area contributed by atoms with Crippen LogP contribution in [0.2, 0.25) is 5.15 Å². The molecule has 0 saturated carbocycles. The molecule has 3 rings (SSSR count). The minimum absolute atomic E-state index is 0.0113. The van der Waals surface area contributed by atoms with Crippen LogP contribution in [0.15, 0.2) is 18.2 Å². The Kier molecular flexibility index (Phi) is 3.25. The summed E-state index contributed by atoms with van der Waals surface area (Å²) in [5, 5.41) is 0.165. The molecule has 5 nitrogen and oxygen atoms in total. The molecule has 0 atom stereocenters. The summed E-state index contributed by atoms with van der Waals surface area (Å²) in [5.41, 5.74) is 7.33. The van der Waals surface area contributed by atoms with E-state index in [1.807, 2.05) is 0 Å². The fourth-order valence-corrected chi connectivity index (χ4v) is 2.55. The van der Waals surface area contributed by atoms with Crippen LogP contribution in [0.1, 0.15) is 16.7 Å². The third-order valence-electron chi connectivity index (χ3n) is 3.37. The van der Waals surface area contributed by atoms with Crippen molar-refractivity contribution in [2.75, 3.05) is 10.6 Å². The summed E-state index contributed by atoms with van der Waals surface area (Å²) in [7, 11) is 0. The molecule has 2 aromatic rings. The molecule has 0 spiro atoms. The van der Waals surface area contributed by atoms with E-state index in [1.54, 1.807) is 19.1 Å². The standard InChI is InChI=1S/C14H12ClFN4O/c1-7-2-3-8(10(16)4-7)6-20-11(21)5-9-12(15)18-14(17)19-13(9)20/h2-4H,5-6H2,1H3,(H2,17,18,19). The van der Waals surface area contributed by atoms with Gasteiger partial charge >= 0.3 is 0 Å². The van der Waals surface area contributed by atoms with E-state index >= 15 is 0 Å². The van der Waals surface area contributed by atoms with E-state index in [0.29, 0.717) is 16.9 Å². The number of rotatable bonds is 2. The second-order valence-corrected chi connectivity index (χ2v) is 5.28. The molecule has 1 aromatic heterocycles. The highest BCUT2D eigenvalue weighted by molar-refractivity contribution is 6.31. The molecule has 108 valence electrons. The number of fused-ring (bicyclic) bond motifs is 1. The van der Waals surface area contributed by atoms with E-state index in [1.165, 1.54) is 11.0 Å². The first-order valence-corrected chi connectivity index (χ1v) is 6.71. The van der Waals surface area contributed by atoms with Crippen molar-refractivity contribution >= 4 is 29.3 Å². The third-order valence-corrected chi connectivity index (χ3v) is 3.69. The van der Waals surface area contributed by atoms with Gasteiger partial charge in [0.25, 0.3) is 0 Å². The van der Waals surface area contributed by atoms with Crippen LogP contribution in [-0.2, 0) is 17.8 Å². The lowest BCUT2D eigenvalue weighted by Gasteiger charge is -2.17. The molecule has 1 aromatic carbocycles. The monoisotopic (exact) mass is 306 g/mol. The predicted molar refractivity (Wildman–Crippen MR) is 77.5 cm³/mol. The van der Waals surface area contributed by atoms with Gasteiger partial charge in [-0.25, -0.2) is 9.37 Å². The van der Waals surface area contributed by atoms with E-state index < -0.39 is 0 Å². The number of benzene rings is 1. The number of aryl methyl sites for hydroxylation is 1. The van der Waals surface area contributed by atoms with Crippen LogP contribution in [-0.4, -0.2) is 15.9 Å². The number of hydrogen-bond donors (Lipinski definition) is 1. The van der Waals surface area contributed by atoms with E-state index in [2.05, 4.69) is 9.97 Å². The largest absolute Gasteiger partial charge is 0.368 e. The SMILES string of the molecule is Cc1ccc(CN2C(=O)Cc3c(Cl)nc(N)nc32)c(F)c1. The highest BCUT2D eigenvalue weighted by Crippen LogP contribution is 2.33. The maximum absolute atomic E-state index is 13.9. The molecular formula is C14H12ClFN4O. The lowest BCUT2D eigenvalue weighted by molar-refractivity contribution is -0.117. The van der Waals surface area contributed by atoms with Crippen molar-refractivity contribution < 1.29 is 9.18 Å². The van der Waals surface area contributed by atoms with Crippen molar-refractivity contribution in [3.63, 3.8) is 0 Å². The molecule has 0 unspecified atom stereocenters. The smallest absolute Gasteiger partial charge is 0.233 e. The molecule has 1 aliphatic rings. The van der Waals surface area contributed by atoms with E-state index in [4.69, 9.17) is 17.3 Å². The quantitative estimate of drug-likeness (QED) is 0.864. The van der Waals surface area contributed by atoms with Crippen LogP contribution in [0.3, 0.4) is 0 Å². The zero-order chi connectivity index (χ0) is 15.1. The fraction of sp³-hybridized carbons (Fsp3) is 0.214. The fourth-order valence-electron chi connectivity index (χ4n) is 2.32. The Morgan fingerprint density at radius 2 is 2.19 bits per heavy atom. The van der Waals surface area contributed by atoms with E-state index in [0.717, 1.165) is 5.56 Å². The van der Waals surface area contributed by atoms with Gasteiger partial charge in [0.15, 0.2) is 0 Å². The molecule has 21 heavy (non-hydrogen) atoms. The van der Waals surface area contributed by atoms with Crippen molar-refractivity contribution in [2.24, 2.45) is 0 Å². The summed E-state index contributed by atoms with van der Waals surface area (Å²) >= 11 is 5.98. The van der Waals surface area contributed by atoms with Gasteiger partial charge in [-0.15, -0.1) is 0 Å². The zero-order valence-electron chi connectivity index (χ0n) is 11.2. The highest BCUT2D eigenvalue weighted by Gasteiger charge is 2.32. The number of nitrogens with two attached hydrogens (primary N) is 1. The minimum atomic E-state index is -0.357. The number of aromatic nitrogens is 2. The average Bonchev–Trinajstić information content (AvgIpc) is 2.70. The summed E-state index contributed by atoms with van der Waals surface area (Å²) in [4.78, 5) is 21.4. The van der Waals surface area contributed by atoms with Gasteiger partial charge in [-0.05, 0) is 18.6 Å². The van der Waals surface area contributed by atoms with Gasteiger partial charge in [0.05, 0.1) is 13.0 Å². The van der Waals surface area contributed by atoms with Crippen molar-refractivity contribution in [1.82, 2.24) is 9.97 Å². The predicted octanol–water partition coefficient (Wildman–Crippen LogP) is 2.25. The summed E-state index contributed by atoms with van der Waals surface area (Å²) in [6.07, 6.45) is 0.0991. The van der Waals surface area contributed by atoms with Crippen LogP contribution in [0.25, 0.3) is 0 Å². The topological polar surface area (TPSA) is 72.1 Å². The number of nitrogens with zero attached hydrogens (tertiary/aromatic N) is 3. The Morgan fingerprint density at radius 3 is 2.90 bits per heavy atom. The van der Waals surface area contributed by atoms with Crippen LogP contribution >= 0.6 is 11.6 Å². The normalized spacial score (nSPS) is 13.7. The Morgan fingerprint density at radius 1 is 1.43 bits per heavy atom. The summed E-state index contributed by atoms with van der Waals surface area (Å²) in [6.45, 7) is 1.89. The van der Waals surface area contributed by atoms with Gasteiger partial charge in [-0.1, -0.05) is 23.7 Å². The molecule has 0 radical (unpaired) electrons. The van der Waals surface area contributed by atoms with Gasteiger partial charge in [0.2, 0.25) is 11.9 Å². The summed E-state index contributed by atoms with van der Waals surface area (Å²) < 4.78 is 13.9. The van der Waals surface area contributed by atoms with Gasteiger partial charge in [0, 0.05) is 11.1 Å². The van der Waals surface area contributed by atoms with Gasteiger partial charge in [-0.3, -0.25) is 9.69 Å². The number of carbonyl (C=O) groups excluding carboxylic acids is 1. The Balaban J connectivity index is 1.99. The van der Waals surface area contributed by atoms with Crippen molar-refractivity contribution in [3.8, 4) is 0 Å². The van der Waals surface area contributed by atoms with Crippen LogP contribution < -0.4 is 10.6 Å². The maximum atomic E-state index is 13.9. The molecule has 0 aliphatic carbocycles.